The van der Waals surface area contributed by atoms with E-state index in [9.17, 15) is 4.79 Å². The number of rotatable bonds is 3. The summed E-state index contributed by atoms with van der Waals surface area (Å²) in [7, 11) is 0. The van der Waals surface area contributed by atoms with E-state index in [1.165, 1.54) is 0 Å². The van der Waals surface area contributed by atoms with Gasteiger partial charge in [-0.1, -0.05) is 29.8 Å². The lowest BCUT2D eigenvalue weighted by atomic mass is 10.2. The van der Waals surface area contributed by atoms with Crippen molar-refractivity contribution in [1.82, 2.24) is 29.1 Å². The van der Waals surface area contributed by atoms with E-state index in [0.29, 0.717) is 16.4 Å². The molecule has 5 aromatic rings. The maximum absolute atomic E-state index is 13.6. The fourth-order valence-corrected chi connectivity index (χ4v) is 4.69. The highest BCUT2D eigenvalue weighted by Crippen LogP contribution is 2.37. The van der Waals surface area contributed by atoms with Crippen LogP contribution in [0.1, 0.15) is 24.7 Å². The van der Waals surface area contributed by atoms with Gasteiger partial charge in [-0.3, -0.25) is 9.36 Å². The van der Waals surface area contributed by atoms with Crippen LogP contribution in [-0.2, 0) is 0 Å². The van der Waals surface area contributed by atoms with E-state index in [-0.39, 0.29) is 11.6 Å². The lowest BCUT2D eigenvalue weighted by molar-refractivity contribution is 0.602. The van der Waals surface area contributed by atoms with Gasteiger partial charge in [0.2, 0.25) is 0 Å². The number of para-hydroxylation sites is 1. The smallest absolute Gasteiger partial charge is 0.284 e. The lowest BCUT2D eigenvalue weighted by Gasteiger charge is -2.27. The van der Waals surface area contributed by atoms with E-state index in [1.54, 1.807) is 27.7 Å². The van der Waals surface area contributed by atoms with E-state index in [4.69, 9.17) is 16.7 Å². The first kappa shape index (κ1) is 18.1. The molecule has 1 saturated heterocycles. The third-order valence-corrected chi connectivity index (χ3v) is 6.14. The Hall–Kier alpha value is -3.65. The van der Waals surface area contributed by atoms with Gasteiger partial charge in [0.1, 0.15) is 23.3 Å². The van der Waals surface area contributed by atoms with Crippen molar-refractivity contribution < 1.29 is 0 Å². The van der Waals surface area contributed by atoms with Crippen LogP contribution >= 0.6 is 11.6 Å². The van der Waals surface area contributed by atoms with Crippen LogP contribution in [0, 0.1) is 0 Å². The minimum Gasteiger partial charge on any atom is -0.346 e. The van der Waals surface area contributed by atoms with Gasteiger partial charge >= 0.3 is 0 Å². The maximum Gasteiger partial charge on any atom is 0.284 e. The molecule has 0 bridgehead atoms. The molecule has 1 aliphatic rings. The minimum absolute atomic E-state index is 0.119. The van der Waals surface area contributed by atoms with Gasteiger partial charge in [-0.15, -0.1) is 0 Å². The van der Waals surface area contributed by atoms with Crippen LogP contribution in [0.3, 0.4) is 0 Å². The van der Waals surface area contributed by atoms with Crippen molar-refractivity contribution in [1.29, 1.82) is 0 Å². The first-order valence-electron chi connectivity index (χ1n) is 10.1. The zero-order valence-electron chi connectivity index (χ0n) is 16.4. The van der Waals surface area contributed by atoms with E-state index in [2.05, 4.69) is 19.9 Å². The first-order valence-corrected chi connectivity index (χ1v) is 10.5. The normalized spacial score (nSPS) is 16.5. The number of nitrogens with zero attached hydrogens (tertiary/aromatic N) is 6. The highest BCUT2D eigenvalue weighted by molar-refractivity contribution is 6.33. The molecule has 0 saturated carbocycles. The van der Waals surface area contributed by atoms with Gasteiger partial charge in [0.05, 0.1) is 22.1 Å². The predicted molar refractivity (Wildman–Crippen MR) is 119 cm³/mol. The Morgan fingerprint density at radius 1 is 1.10 bits per heavy atom. The summed E-state index contributed by atoms with van der Waals surface area (Å²) in [6.45, 7) is 0.817. The summed E-state index contributed by atoms with van der Waals surface area (Å²) >= 11 is 6.32. The summed E-state index contributed by atoms with van der Waals surface area (Å²) in [5.74, 6) is 1.50. The molecule has 5 heterocycles. The van der Waals surface area contributed by atoms with Crippen molar-refractivity contribution in [2.24, 2.45) is 0 Å². The Morgan fingerprint density at radius 3 is 2.84 bits per heavy atom. The number of benzene rings is 1. The van der Waals surface area contributed by atoms with E-state index < -0.39 is 0 Å². The summed E-state index contributed by atoms with van der Waals surface area (Å²) < 4.78 is 3.27. The van der Waals surface area contributed by atoms with Crippen LogP contribution in [0.5, 0.6) is 0 Å². The number of aromatic amines is 1. The summed E-state index contributed by atoms with van der Waals surface area (Å²) in [6.07, 6.45) is 6.98. The Kier molecular flexibility index (Phi) is 4.07. The zero-order chi connectivity index (χ0) is 20.9. The van der Waals surface area contributed by atoms with Crippen LogP contribution in [0.4, 0.5) is 5.82 Å². The molecular formula is C22H18ClN7O. The zero-order valence-corrected chi connectivity index (χ0v) is 17.2. The lowest BCUT2D eigenvalue weighted by Crippen LogP contribution is -2.33. The molecule has 31 heavy (non-hydrogen) atoms. The van der Waals surface area contributed by atoms with Gasteiger partial charge in [-0.2, -0.15) is 5.10 Å². The number of anilines is 1. The average Bonchev–Trinajstić information content (AvgIpc) is 3.53. The molecule has 4 aromatic heterocycles. The van der Waals surface area contributed by atoms with Crippen LogP contribution in [0.25, 0.3) is 22.2 Å². The van der Waals surface area contributed by atoms with Crippen molar-refractivity contribution in [2.75, 3.05) is 11.4 Å². The molecule has 6 rings (SSSR count). The van der Waals surface area contributed by atoms with Crippen LogP contribution in [0.2, 0.25) is 5.02 Å². The number of fused-ring (bicyclic) bond motifs is 2. The predicted octanol–water partition coefficient (Wildman–Crippen LogP) is 3.75. The van der Waals surface area contributed by atoms with Gasteiger partial charge < -0.3 is 9.88 Å². The largest absolute Gasteiger partial charge is 0.346 e. The molecule has 1 aliphatic heterocycles. The Morgan fingerprint density at radius 2 is 1.97 bits per heavy atom. The van der Waals surface area contributed by atoms with Gasteiger partial charge in [0.25, 0.3) is 5.56 Å². The van der Waals surface area contributed by atoms with Crippen molar-refractivity contribution >= 4 is 34.0 Å². The second-order valence-electron chi connectivity index (χ2n) is 7.58. The van der Waals surface area contributed by atoms with Gasteiger partial charge in [-0.25, -0.2) is 14.5 Å². The third-order valence-electron chi connectivity index (χ3n) is 5.83. The molecule has 154 valence electrons. The Bertz CT molecular complexity index is 1470. The molecule has 8 nitrogen and oxygen atoms in total. The summed E-state index contributed by atoms with van der Waals surface area (Å²) in [6, 6.07) is 13.1. The van der Waals surface area contributed by atoms with Gasteiger partial charge in [0.15, 0.2) is 5.82 Å². The Balaban J connectivity index is 1.60. The van der Waals surface area contributed by atoms with E-state index >= 15 is 0 Å². The van der Waals surface area contributed by atoms with Crippen molar-refractivity contribution in [3.63, 3.8) is 0 Å². The van der Waals surface area contributed by atoms with E-state index in [0.717, 1.165) is 41.9 Å². The van der Waals surface area contributed by atoms with Crippen molar-refractivity contribution in [3.8, 4) is 5.69 Å². The second kappa shape index (κ2) is 6.95. The van der Waals surface area contributed by atoms with Crippen LogP contribution in [0.15, 0.2) is 66.0 Å². The number of H-pyrrole nitrogens is 1. The SMILES string of the molecule is O=c1c2c(Cl)ccn2nc([C@@H]2CCCN2c2ncnc3[nH]ccc23)n1-c1ccccc1. The number of aromatic nitrogens is 6. The average molecular weight is 432 g/mol. The van der Waals surface area contributed by atoms with Crippen molar-refractivity contribution in [3.05, 3.63) is 82.4 Å². The summed E-state index contributed by atoms with van der Waals surface area (Å²) in [5.41, 5.74) is 1.73. The number of hydrogen-bond acceptors (Lipinski definition) is 5. The quantitative estimate of drug-likeness (QED) is 0.470. The number of halogens is 1. The second-order valence-corrected chi connectivity index (χ2v) is 7.99. The molecule has 1 aromatic carbocycles. The van der Waals surface area contributed by atoms with E-state index in [1.807, 2.05) is 42.6 Å². The highest BCUT2D eigenvalue weighted by atomic mass is 35.5. The van der Waals surface area contributed by atoms with Gasteiger partial charge in [0, 0.05) is 18.9 Å². The monoisotopic (exact) mass is 431 g/mol. The molecule has 9 heteroatoms. The fraction of sp³-hybridized carbons (Fsp3) is 0.182. The topological polar surface area (TPSA) is 84.1 Å². The standard InChI is InChI=1S/C22H18ClN7O/c23-16-9-12-29-18(16)22(31)30(14-5-2-1-3-6-14)21(27-29)17-7-4-11-28(17)20-15-8-10-24-19(15)25-13-26-20/h1-3,5-6,8-10,12-13,17H,4,7,11H2,(H,24,25,26)/t17-/m0/s1. The first-order chi connectivity index (χ1) is 15.2. The summed E-state index contributed by atoms with van der Waals surface area (Å²) in [5, 5.41) is 6.20. The molecule has 0 radical (unpaired) electrons. The minimum atomic E-state index is -0.187. The third kappa shape index (κ3) is 2.75. The molecule has 1 fully saturated rings. The number of nitrogens with one attached hydrogen (secondary N) is 1. The van der Waals surface area contributed by atoms with Gasteiger partial charge in [-0.05, 0) is 37.1 Å². The Labute approximate surface area is 181 Å². The fourth-order valence-electron chi connectivity index (χ4n) is 4.47. The molecule has 0 amide bonds. The molecule has 1 atom stereocenters. The molecule has 0 unspecified atom stereocenters. The molecule has 0 aliphatic carbocycles. The van der Waals surface area contributed by atoms with Crippen LogP contribution < -0.4 is 10.5 Å². The number of hydrogen-bond donors (Lipinski definition) is 1. The van der Waals surface area contributed by atoms with Crippen LogP contribution in [-0.4, -0.2) is 35.7 Å². The summed E-state index contributed by atoms with van der Waals surface area (Å²) in [4.78, 5) is 27.8. The molecule has 1 N–H and O–H groups in total. The van der Waals surface area contributed by atoms with Crippen molar-refractivity contribution in [2.45, 2.75) is 18.9 Å². The maximum atomic E-state index is 13.6. The highest BCUT2D eigenvalue weighted by Gasteiger charge is 2.33. The molecular weight excluding hydrogens is 414 g/mol. The molecule has 0 spiro atoms.